The zero-order valence-electron chi connectivity index (χ0n) is 14.3. The summed E-state index contributed by atoms with van der Waals surface area (Å²) in [4.78, 5) is 3.16. The Morgan fingerprint density at radius 2 is 2.12 bits per heavy atom. The molecule has 126 valence electrons. The second-order valence-corrected chi connectivity index (χ2v) is 6.78. The monoisotopic (exact) mass is 343 g/mol. The zero-order valence-corrected chi connectivity index (χ0v) is 15.1. The molecule has 6 heteroatoms. The lowest BCUT2D eigenvalue weighted by Crippen LogP contribution is -2.22. The van der Waals surface area contributed by atoms with Crippen LogP contribution < -0.4 is 4.74 Å². The van der Waals surface area contributed by atoms with Crippen molar-refractivity contribution >= 4 is 11.3 Å². The van der Waals surface area contributed by atoms with Crippen LogP contribution in [-0.2, 0) is 6.54 Å². The number of aryl methyl sites for hydroxylation is 1. The van der Waals surface area contributed by atoms with E-state index in [2.05, 4.69) is 41.1 Å². The topological polar surface area (TPSA) is 51.4 Å². The quantitative estimate of drug-likeness (QED) is 0.667. The van der Waals surface area contributed by atoms with Gasteiger partial charge in [0, 0.05) is 12.1 Å². The molecule has 1 unspecified atom stereocenters. The number of nitrogens with zero attached hydrogens (tertiary/aromatic N) is 3. The van der Waals surface area contributed by atoms with Crippen LogP contribution in [0.3, 0.4) is 0 Å². The molecule has 1 aromatic carbocycles. The Kier molecular flexibility index (Phi) is 4.97. The summed E-state index contributed by atoms with van der Waals surface area (Å²) in [6, 6.07) is 10.2. The van der Waals surface area contributed by atoms with Crippen LogP contribution >= 0.6 is 11.3 Å². The van der Waals surface area contributed by atoms with Gasteiger partial charge in [-0.2, -0.15) is 0 Å². The van der Waals surface area contributed by atoms with Gasteiger partial charge in [-0.1, -0.05) is 23.8 Å². The van der Waals surface area contributed by atoms with Gasteiger partial charge < -0.3 is 9.15 Å². The molecule has 0 bridgehead atoms. The molecular weight excluding hydrogens is 322 g/mol. The van der Waals surface area contributed by atoms with E-state index >= 15 is 0 Å². The van der Waals surface area contributed by atoms with E-state index in [4.69, 9.17) is 9.15 Å². The van der Waals surface area contributed by atoms with Crippen molar-refractivity contribution in [3.8, 4) is 16.5 Å². The van der Waals surface area contributed by atoms with Crippen molar-refractivity contribution in [2.45, 2.75) is 26.4 Å². The van der Waals surface area contributed by atoms with Gasteiger partial charge in [-0.15, -0.1) is 21.5 Å². The van der Waals surface area contributed by atoms with Gasteiger partial charge in [-0.3, -0.25) is 4.90 Å². The summed E-state index contributed by atoms with van der Waals surface area (Å²) >= 11 is 1.59. The number of thiophene rings is 1. The van der Waals surface area contributed by atoms with Gasteiger partial charge in [0.15, 0.2) is 0 Å². The van der Waals surface area contributed by atoms with E-state index in [0.29, 0.717) is 11.8 Å². The molecule has 0 amide bonds. The van der Waals surface area contributed by atoms with E-state index in [1.54, 1.807) is 18.4 Å². The molecule has 0 saturated carbocycles. The number of ether oxygens (including phenoxy) is 1. The number of aromatic nitrogens is 2. The normalized spacial score (nSPS) is 12.5. The van der Waals surface area contributed by atoms with Crippen molar-refractivity contribution in [2.75, 3.05) is 14.2 Å². The van der Waals surface area contributed by atoms with E-state index in [1.807, 2.05) is 30.6 Å². The number of hydrogen-bond donors (Lipinski definition) is 0. The van der Waals surface area contributed by atoms with Gasteiger partial charge in [0.05, 0.1) is 18.0 Å². The van der Waals surface area contributed by atoms with Crippen LogP contribution in [0.15, 0.2) is 40.1 Å². The highest BCUT2D eigenvalue weighted by Gasteiger charge is 2.20. The third-order valence-electron chi connectivity index (χ3n) is 4.05. The lowest BCUT2D eigenvalue weighted by Gasteiger charge is -2.23. The zero-order chi connectivity index (χ0) is 17.1. The molecule has 3 aromatic rings. The third-order valence-corrected chi connectivity index (χ3v) is 4.90. The van der Waals surface area contributed by atoms with Gasteiger partial charge in [-0.25, -0.2) is 0 Å². The lowest BCUT2D eigenvalue weighted by molar-refractivity contribution is 0.215. The van der Waals surface area contributed by atoms with Crippen molar-refractivity contribution in [3.63, 3.8) is 0 Å². The van der Waals surface area contributed by atoms with E-state index in [1.165, 1.54) is 5.56 Å². The minimum Gasteiger partial charge on any atom is -0.496 e. The standard InChI is InChI=1S/C18H21N3O2S/c1-12-7-8-15(22-4)14(10-12)11-21(3)13(2)17-19-20-18(23-17)16-6-5-9-24-16/h5-10,13H,11H2,1-4H3. The first-order valence-corrected chi connectivity index (χ1v) is 8.67. The molecule has 24 heavy (non-hydrogen) atoms. The Bertz CT molecular complexity index is 798. The van der Waals surface area contributed by atoms with E-state index < -0.39 is 0 Å². The molecule has 2 heterocycles. The Morgan fingerprint density at radius 3 is 2.83 bits per heavy atom. The van der Waals surface area contributed by atoms with Crippen LogP contribution in [0.2, 0.25) is 0 Å². The summed E-state index contributed by atoms with van der Waals surface area (Å²) in [6.07, 6.45) is 0. The molecule has 5 nitrogen and oxygen atoms in total. The Morgan fingerprint density at radius 1 is 1.29 bits per heavy atom. The van der Waals surface area contributed by atoms with Crippen LogP contribution in [-0.4, -0.2) is 29.3 Å². The van der Waals surface area contributed by atoms with Crippen LogP contribution in [0.1, 0.15) is 30.0 Å². The number of benzene rings is 1. The van der Waals surface area contributed by atoms with Gasteiger partial charge in [0.25, 0.3) is 5.89 Å². The van der Waals surface area contributed by atoms with Crippen LogP contribution in [0.4, 0.5) is 0 Å². The highest BCUT2D eigenvalue weighted by atomic mass is 32.1. The maximum absolute atomic E-state index is 5.84. The molecule has 0 aliphatic rings. The molecular formula is C18H21N3O2S. The Balaban J connectivity index is 1.75. The lowest BCUT2D eigenvalue weighted by atomic mass is 10.1. The molecule has 0 spiro atoms. The SMILES string of the molecule is COc1ccc(C)cc1CN(C)C(C)c1nnc(-c2cccs2)o1. The molecule has 0 N–H and O–H groups in total. The summed E-state index contributed by atoms with van der Waals surface area (Å²) in [7, 11) is 3.74. The third kappa shape index (κ3) is 3.49. The van der Waals surface area contributed by atoms with Gasteiger partial charge in [0.1, 0.15) is 5.75 Å². The number of methoxy groups -OCH3 is 1. The smallest absolute Gasteiger partial charge is 0.257 e. The largest absolute Gasteiger partial charge is 0.496 e. The molecule has 0 radical (unpaired) electrons. The minimum absolute atomic E-state index is 0.0106. The molecule has 1 atom stereocenters. The Labute approximate surface area is 145 Å². The minimum atomic E-state index is 0.0106. The van der Waals surface area contributed by atoms with Crippen LogP contribution in [0.5, 0.6) is 5.75 Å². The first-order chi connectivity index (χ1) is 11.6. The predicted octanol–water partition coefficient (Wildman–Crippen LogP) is 4.31. The average molecular weight is 343 g/mol. The molecule has 0 aliphatic carbocycles. The fraction of sp³-hybridized carbons (Fsp3) is 0.333. The summed E-state index contributed by atoms with van der Waals surface area (Å²) in [6.45, 7) is 4.88. The first-order valence-electron chi connectivity index (χ1n) is 7.79. The fourth-order valence-electron chi connectivity index (χ4n) is 2.53. The highest BCUT2D eigenvalue weighted by molar-refractivity contribution is 7.13. The molecule has 3 rings (SSSR count). The maximum atomic E-state index is 5.84. The van der Waals surface area contributed by atoms with Crippen molar-refractivity contribution in [1.82, 2.24) is 15.1 Å². The van der Waals surface area contributed by atoms with E-state index in [-0.39, 0.29) is 6.04 Å². The summed E-state index contributed by atoms with van der Waals surface area (Å²) in [5.74, 6) is 2.09. The van der Waals surface area contributed by atoms with E-state index in [9.17, 15) is 0 Å². The summed E-state index contributed by atoms with van der Waals surface area (Å²) in [5.41, 5.74) is 2.36. The van der Waals surface area contributed by atoms with Gasteiger partial charge in [0.2, 0.25) is 5.89 Å². The fourth-order valence-corrected chi connectivity index (χ4v) is 3.17. The number of rotatable bonds is 6. The van der Waals surface area contributed by atoms with Crippen molar-refractivity contribution in [2.24, 2.45) is 0 Å². The van der Waals surface area contributed by atoms with Crippen LogP contribution in [0, 0.1) is 6.92 Å². The Hall–Kier alpha value is -2.18. The highest BCUT2D eigenvalue weighted by Crippen LogP contribution is 2.28. The summed E-state index contributed by atoms with van der Waals surface area (Å²) < 4.78 is 11.3. The average Bonchev–Trinajstić information content (AvgIpc) is 3.25. The molecule has 0 aliphatic heterocycles. The maximum Gasteiger partial charge on any atom is 0.257 e. The van der Waals surface area contributed by atoms with Gasteiger partial charge in [-0.05, 0) is 38.4 Å². The molecule has 0 fully saturated rings. The molecule has 2 aromatic heterocycles. The predicted molar refractivity (Wildman–Crippen MR) is 95.2 cm³/mol. The molecule has 0 saturated heterocycles. The summed E-state index contributed by atoms with van der Waals surface area (Å²) in [5, 5.41) is 10.4. The van der Waals surface area contributed by atoms with Crippen molar-refractivity contribution in [1.29, 1.82) is 0 Å². The second kappa shape index (κ2) is 7.15. The number of hydrogen-bond acceptors (Lipinski definition) is 6. The van der Waals surface area contributed by atoms with E-state index in [0.717, 1.165) is 22.7 Å². The van der Waals surface area contributed by atoms with Gasteiger partial charge >= 0.3 is 0 Å². The second-order valence-electron chi connectivity index (χ2n) is 5.83. The first kappa shape index (κ1) is 16.7. The van der Waals surface area contributed by atoms with Crippen molar-refractivity contribution < 1.29 is 9.15 Å². The van der Waals surface area contributed by atoms with Crippen molar-refractivity contribution in [3.05, 3.63) is 52.7 Å². The van der Waals surface area contributed by atoms with Crippen LogP contribution in [0.25, 0.3) is 10.8 Å².